The van der Waals surface area contributed by atoms with E-state index in [9.17, 15) is 19.8 Å². The second kappa shape index (κ2) is 6.14. The lowest BCUT2D eigenvalue weighted by atomic mass is 9.43. The van der Waals surface area contributed by atoms with E-state index >= 15 is 0 Å². The SMILES string of the molecule is CC(=O)O[C@H]1C(=O)[C@@]2(C)C(C[C@]3(O)CCC(C)=C1C3(C)C)[C@]1(C)CO[C@@H]1C[C@@H]2O. The molecule has 0 amide bonds. The summed E-state index contributed by atoms with van der Waals surface area (Å²) in [7, 11) is 0. The minimum Gasteiger partial charge on any atom is -0.450 e. The molecule has 3 fully saturated rings. The van der Waals surface area contributed by atoms with Crippen molar-refractivity contribution in [2.45, 2.75) is 91.1 Å². The number of hydrogen-bond donors (Lipinski definition) is 2. The zero-order chi connectivity index (χ0) is 21.6. The smallest absolute Gasteiger partial charge is 0.303 e. The van der Waals surface area contributed by atoms with Gasteiger partial charge in [-0.25, -0.2) is 0 Å². The summed E-state index contributed by atoms with van der Waals surface area (Å²) in [5, 5.41) is 23.1. The van der Waals surface area contributed by atoms with Gasteiger partial charge in [0, 0.05) is 24.2 Å². The van der Waals surface area contributed by atoms with Gasteiger partial charge < -0.3 is 19.7 Å². The maximum Gasteiger partial charge on any atom is 0.303 e. The molecule has 3 aliphatic carbocycles. The molecule has 2 bridgehead atoms. The van der Waals surface area contributed by atoms with Gasteiger partial charge in [0.2, 0.25) is 0 Å². The van der Waals surface area contributed by atoms with Crippen LogP contribution in [-0.4, -0.2) is 52.5 Å². The van der Waals surface area contributed by atoms with E-state index in [-0.39, 0.29) is 23.2 Å². The van der Waals surface area contributed by atoms with Crippen molar-refractivity contribution >= 4 is 11.8 Å². The molecule has 0 aromatic rings. The lowest BCUT2D eigenvalue weighted by molar-refractivity contribution is -0.286. The zero-order valence-electron chi connectivity index (χ0n) is 18.4. The van der Waals surface area contributed by atoms with Crippen molar-refractivity contribution in [3.8, 4) is 0 Å². The van der Waals surface area contributed by atoms with E-state index in [1.54, 1.807) is 6.92 Å². The van der Waals surface area contributed by atoms with Crippen molar-refractivity contribution in [1.82, 2.24) is 0 Å². The predicted molar refractivity (Wildman–Crippen MR) is 106 cm³/mol. The molecule has 2 N–H and O–H groups in total. The summed E-state index contributed by atoms with van der Waals surface area (Å²) in [4.78, 5) is 26.1. The summed E-state index contributed by atoms with van der Waals surface area (Å²) in [6.07, 6.45) is -0.0900. The Hall–Kier alpha value is -1.24. The Bertz CT molecular complexity index is 799. The van der Waals surface area contributed by atoms with Gasteiger partial charge in [0.15, 0.2) is 11.9 Å². The van der Waals surface area contributed by atoms with Gasteiger partial charge in [-0.1, -0.05) is 26.3 Å². The van der Waals surface area contributed by atoms with Crippen LogP contribution in [0.1, 0.15) is 67.2 Å². The fourth-order valence-electron chi connectivity index (χ4n) is 6.84. The van der Waals surface area contributed by atoms with Crippen LogP contribution in [0.25, 0.3) is 0 Å². The van der Waals surface area contributed by atoms with Crippen LogP contribution >= 0.6 is 0 Å². The molecule has 2 saturated carbocycles. The topological polar surface area (TPSA) is 93.1 Å². The Kier molecular flexibility index (Phi) is 4.45. The minimum atomic E-state index is -1.12. The van der Waals surface area contributed by atoms with Gasteiger partial charge in [-0.15, -0.1) is 0 Å². The van der Waals surface area contributed by atoms with Crippen LogP contribution in [0.5, 0.6) is 0 Å². The van der Waals surface area contributed by atoms with Gasteiger partial charge in [-0.2, -0.15) is 0 Å². The number of aliphatic hydroxyl groups excluding tert-OH is 1. The van der Waals surface area contributed by atoms with E-state index in [0.29, 0.717) is 37.9 Å². The van der Waals surface area contributed by atoms with Crippen LogP contribution in [0, 0.1) is 22.2 Å². The van der Waals surface area contributed by atoms with Crippen molar-refractivity contribution < 1.29 is 29.3 Å². The van der Waals surface area contributed by atoms with E-state index in [2.05, 4.69) is 6.92 Å². The molecule has 0 radical (unpaired) electrons. The number of hydrogen-bond acceptors (Lipinski definition) is 6. The molecule has 0 aromatic carbocycles. The summed E-state index contributed by atoms with van der Waals surface area (Å²) in [5.41, 5.74) is -1.52. The highest BCUT2D eigenvalue weighted by Crippen LogP contribution is 2.64. The van der Waals surface area contributed by atoms with Gasteiger partial charge in [0.05, 0.1) is 29.8 Å². The molecule has 0 aromatic heterocycles. The molecule has 6 heteroatoms. The van der Waals surface area contributed by atoms with Crippen molar-refractivity contribution in [2.24, 2.45) is 22.2 Å². The third-order valence-corrected chi connectivity index (χ3v) is 9.05. The molecule has 6 nitrogen and oxygen atoms in total. The van der Waals surface area contributed by atoms with Crippen molar-refractivity contribution in [1.29, 1.82) is 0 Å². The van der Waals surface area contributed by atoms with E-state index in [1.165, 1.54) is 6.92 Å². The number of allylic oxidation sites excluding steroid dienone is 1. The molecule has 0 spiro atoms. The molecule has 4 rings (SSSR count). The first-order valence-corrected chi connectivity index (χ1v) is 10.7. The normalized spacial score (nSPS) is 48.6. The molecule has 1 aliphatic heterocycles. The molecular formula is C23H34O6. The van der Waals surface area contributed by atoms with Crippen LogP contribution in [0.4, 0.5) is 0 Å². The Morgan fingerprint density at radius 3 is 2.45 bits per heavy atom. The lowest BCUT2D eigenvalue weighted by Gasteiger charge is -2.66. The quantitative estimate of drug-likeness (QED) is 0.514. The number of esters is 1. The highest BCUT2D eigenvalue weighted by molar-refractivity contribution is 5.94. The number of ketones is 1. The van der Waals surface area contributed by atoms with E-state index in [4.69, 9.17) is 9.47 Å². The number of aliphatic hydroxyl groups is 2. The highest BCUT2D eigenvalue weighted by atomic mass is 16.5. The molecular weight excluding hydrogens is 372 g/mol. The van der Waals surface area contributed by atoms with Gasteiger partial charge in [0.1, 0.15) is 0 Å². The first-order chi connectivity index (χ1) is 13.3. The number of rotatable bonds is 1. The van der Waals surface area contributed by atoms with Gasteiger partial charge in [-0.3, -0.25) is 9.59 Å². The molecule has 1 unspecified atom stereocenters. The van der Waals surface area contributed by atoms with Gasteiger partial charge in [0.25, 0.3) is 0 Å². The van der Waals surface area contributed by atoms with Crippen molar-refractivity contribution in [2.75, 3.05) is 6.61 Å². The molecule has 162 valence electrons. The van der Waals surface area contributed by atoms with Crippen molar-refractivity contribution in [3.63, 3.8) is 0 Å². The third-order valence-electron chi connectivity index (χ3n) is 9.05. The van der Waals surface area contributed by atoms with E-state index in [0.717, 1.165) is 5.57 Å². The average Bonchev–Trinajstić information content (AvgIpc) is 2.62. The average molecular weight is 407 g/mol. The van der Waals surface area contributed by atoms with Crippen LogP contribution in [0.3, 0.4) is 0 Å². The Morgan fingerprint density at radius 1 is 1.24 bits per heavy atom. The fourth-order valence-corrected chi connectivity index (χ4v) is 6.84. The number of Topliss-reactive ketones (excluding diaryl/α,β-unsaturated/α-hetero) is 1. The zero-order valence-corrected chi connectivity index (χ0v) is 18.4. The number of carbonyl (C=O) groups excluding carboxylic acids is 2. The fraction of sp³-hybridized carbons (Fsp3) is 0.826. The Balaban J connectivity index is 1.96. The van der Waals surface area contributed by atoms with E-state index in [1.807, 2.05) is 20.8 Å². The number of carbonyl (C=O) groups is 2. The Labute approximate surface area is 172 Å². The van der Waals surface area contributed by atoms with Gasteiger partial charge >= 0.3 is 5.97 Å². The summed E-state index contributed by atoms with van der Waals surface area (Å²) in [6.45, 7) is 11.6. The Morgan fingerprint density at radius 2 is 1.90 bits per heavy atom. The third kappa shape index (κ3) is 2.52. The minimum absolute atomic E-state index is 0.123. The summed E-state index contributed by atoms with van der Waals surface area (Å²) >= 11 is 0. The molecule has 4 aliphatic rings. The van der Waals surface area contributed by atoms with E-state index < -0.39 is 34.6 Å². The number of ether oxygens (including phenoxy) is 2. The van der Waals surface area contributed by atoms with Crippen molar-refractivity contribution in [3.05, 3.63) is 11.1 Å². The maximum absolute atomic E-state index is 14.1. The predicted octanol–water partition coefficient (Wildman–Crippen LogP) is 2.55. The number of fused-ring (bicyclic) bond motifs is 5. The standard InChI is InChI=1S/C23H34O6/c1-12-7-8-23(27)10-14-21(5)11-28-16(21)9-15(25)22(14,6)19(26)18(29-13(2)24)17(12)20(23,3)4/h14-16,18,25,27H,7-11H2,1-6H3/t14?,15-,16+,18+,21-,22-,23+/m0/s1. The molecule has 7 atom stereocenters. The second-order valence-electron chi connectivity index (χ2n) is 10.8. The molecule has 1 saturated heterocycles. The first-order valence-electron chi connectivity index (χ1n) is 10.7. The van der Waals surface area contributed by atoms with Crippen LogP contribution < -0.4 is 0 Å². The largest absolute Gasteiger partial charge is 0.450 e. The molecule has 29 heavy (non-hydrogen) atoms. The van der Waals surface area contributed by atoms with Crippen LogP contribution in [0.15, 0.2) is 11.1 Å². The highest BCUT2D eigenvalue weighted by Gasteiger charge is 2.70. The summed E-state index contributed by atoms with van der Waals surface area (Å²) in [6, 6.07) is 0. The van der Waals surface area contributed by atoms with Crippen LogP contribution in [0.2, 0.25) is 0 Å². The first kappa shape index (κ1) is 21.0. The summed E-state index contributed by atoms with van der Waals surface area (Å²) in [5.74, 6) is -1.05. The van der Waals surface area contributed by atoms with Gasteiger partial charge in [-0.05, 0) is 44.6 Å². The summed E-state index contributed by atoms with van der Waals surface area (Å²) < 4.78 is 11.4. The molecule has 1 heterocycles. The second-order valence-corrected chi connectivity index (χ2v) is 10.8. The lowest BCUT2D eigenvalue weighted by Crippen LogP contribution is -2.72. The maximum atomic E-state index is 14.1. The van der Waals surface area contributed by atoms with Crippen LogP contribution in [-0.2, 0) is 19.1 Å². The monoisotopic (exact) mass is 406 g/mol.